The van der Waals surface area contributed by atoms with Crippen LogP contribution in [0.4, 0.5) is 11.4 Å². The van der Waals surface area contributed by atoms with Gasteiger partial charge in [0.05, 0.1) is 10.3 Å². The molecule has 0 bridgehead atoms. The van der Waals surface area contributed by atoms with Gasteiger partial charge in [0.15, 0.2) is 5.71 Å². The highest BCUT2D eigenvalue weighted by Gasteiger charge is 2.45. The topological polar surface area (TPSA) is 80.5 Å². The van der Waals surface area contributed by atoms with Crippen LogP contribution in [-0.2, 0) is 25.7 Å². The van der Waals surface area contributed by atoms with E-state index in [2.05, 4.69) is 93.4 Å². The van der Waals surface area contributed by atoms with Crippen molar-refractivity contribution in [3.05, 3.63) is 77.0 Å². The van der Waals surface area contributed by atoms with Gasteiger partial charge in [-0.05, 0) is 70.4 Å². The maximum atomic E-state index is 12.0. The summed E-state index contributed by atoms with van der Waals surface area (Å²) in [4.78, 5) is 14.2. The molecule has 2 aromatic carbocycles. The van der Waals surface area contributed by atoms with Crippen molar-refractivity contribution in [1.82, 2.24) is 0 Å². The van der Waals surface area contributed by atoms with Crippen LogP contribution in [0.25, 0.3) is 0 Å². The van der Waals surface area contributed by atoms with Gasteiger partial charge in [-0.15, -0.1) is 12.3 Å². The Morgan fingerprint density at radius 1 is 1.02 bits per heavy atom. The molecular formula is C36H44N2O4S. The molecule has 2 heterocycles. The van der Waals surface area contributed by atoms with E-state index >= 15 is 0 Å². The number of aryl methyl sites for hydroxylation is 1. The van der Waals surface area contributed by atoms with Crippen LogP contribution in [0.2, 0.25) is 0 Å². The van der Waals surface area contributed by atoms with Crippen molar-refractivity contribution in [1.29, 1.82) is 0 Å². The van der Waals surface area contributed by atoms with E-state index in [1.54, 1.807) is 6.07 Å². The average molecular weight is 601 g/mol. The van der Waals surface area contributed by atoms with E-state index in [0.717, 1.165) is 42.8 Å². The van der Waals surface area contributed by atoms with Crippen molar-refractivity contribution in [2.75, 3.05) is 18.0 Å². The van der Waals surface area contributed by atoms with Crippen molar-refractivity contribution >= 4 is 33.0 Å². The molecule has 0 amide bonds. The molecule has 0 unspecified atom stereocenters. The second-order valence-electron chi connectivity index (χ2n) is 12.6. The van der Waals surface area contributed by atoms with Gasteiger partial charge >= 0.3 is 0 Å². The largest absolute Gasteiger partial charge is 0.744 e. The number of Topliss-reactive ketones (excluding diaryl/α,β-unsaturated/α-hetero) is 1. The van der Waals surface area contributed by atoms with E-state index in [4.69, 9.17) is 6.42 Å². The summed E-state index contributed by atoms with van der Waals surface area (Å²) in [6.07, 6.45) is 15.7. The molecule has 0 saturated heterocycles. The predicted molar refractivity (Wildman–Crippen MR) is 173 cm³/mol. The molecule has 0 fully saturated rings. The van der Waals surface area contributed by atoms with E-state index < -0.39 is 15.5 Å². The first-order valence-corrected chi connectivity index (χ1v) is 16.6. The predicted octanol–water partition coefficient (Wildman–Crippen LogP) is 7.08. The Morgan fingerprint density at radius 3 is 2.44 bits per heavy atom. The van der Waals surface area contributed by atoms with Crippen LogP contribution in [0.15, 0.2) is 65.2 Å². The number of nitrogens with zero attached hydrogens (tertiary/aromatic N) is 2. The van der Waals surface area contributed by atoms with Gasteiger partial charge in [-0.1, -0.05) is 37.6 Å². The maximum absolute atomic E-state index is 12.0. The summed E-state index contributed by atoms with van der Waals surface area (Å²) in [7, 11) is -4.58. The molecule has 0 radical (unpaired) electrons. The molecule has 2 aliphatic rings. The van der Waals surface area contributed by atoms with Crippen molar-refractivity contribution in [2.45, 2.75) is 95.8 Å². The fourth-order valence-corrected chi connectivity index (χ4v) is 7.01. The Labute approximate surface area is 258 Å². The second kappa shape index (κ2) is 12.6. The van der Waals surface area contributed by atoms with Crippen LogP contribution in [-0.4, -0.2) is 42.1 Å². The van der Waals surface area contributed by atoms with E-state index in [1.807, 2.05) is 0 Å². The number of hydrogen-bond acceptors (Lipinski definition) is 5. The summed E-state index contributed by atoms with van der Waals surface area (Å²) < 4.78 is 37.9. The van der Waals surface area contributed by atoms with Crippen LogP contribution in [0.3, 0.4) is 0 Å². The minimum atomic E-state index is -4.58. The molecule has 0 spiro atoms. The molecule has 0 atom stereocenters. The zero-order chi connectivity index (χ0) is 31.6. The Kier molecular flexibility index (Phi) is 9.54. The Bertz CT molecular complexity index is 1650. The number of anilines is 1. The molecule has 0 aromatic heterocycles. The Balaban J connectivity index is 1.66. The van der Waals surface area contributed by atoms with Crippen LogP contribution in [0.1, 0.15) is 89.8 Å². The van der Waals surface area contributed by atoms with Crippen molar-refractivity contribution in [3.8, 4) is 12.3 Å². The molecule has 6 nitrogen and oxygen atoms in total. The number of hydrogen-bond donors (Lipinski definition) is 0. The van der Waals surface area contributed by atoms with E-state index in [0.29, 0.717) is 25.8 Å². The molecule has 43 heavy (non-hydrogen) atoms. The molecule has 0 saturated carbocycles. The highest BCUT2D eigenvalue weighted by molar-refractivity contribution is 7.85. The third-order valence-electron chi connectivity index (χ3n) is 8.91. The fourth-order valence-electron chi connectivity index (χ4n) is 6.52. The maximum Gasteiger partial charge on any atom is 0.209 e. The minimum absolute atomic E-state index is 0.157. The van der Waals surface area contributed by atoms with Crippen LogP contribution >= 0.6 is 0 Å². The van der Waals surface area contributed by atoms with Crippen LogP contribution < -0.4 is 4.90 Å². The molecule has 2 aliphatic heterocycles. The lowest BCUT2D eigenvalue weighted by Gasteiger charge is -2.25. The van der Waals surface area contributed by atoms with Gasteiger partial charge in [-0.3, -0.25) is 4.79 Å². The van der Waals surface area contributed by atoms with Gasteiger partial charge in [0.2, 0.25) is 5.69 Å². The zero-order valence-corrected chi connectivity index (χ0v) is 27.2. The SMILES string of the molecule is C#CCCC(=O)CCCCC[N+]1=C(/C=C/C=C2/N(CC)c3ccc(C)cc3C2(C)C)C(C)(C)c2cc(S(=O)(=O)[O-])ccc21. The van der Waals surface area contributed by atoms with Crippen molar-refractivity contribution in [2.24, 2.45) is 0 Å². The first-order chi connectivity index (χ1) is 20.2. The first-order valence-electron chi connectivity index (χ1n) is 15.2. The van der Waals surface area contributed by atoms with Crippen molar-refractivity contribution < 1.29 is 22.3 Å². The minimum Gasteiger partial charge on any atom is -0.744 e. The Hall–Kier alpha value is -3.47. The Morgan fingerprint density at radius 2 is 1.77 bits per heavy atom. The normalized spacial score (nSPS) is 17.9. The van der Waals surface area contributed by atoms with Crippen molar-refractivity contribution in [3.63, 3.8) is 0 Å². The number of ketones is 1. The monoisotopic (exact) mass is 600 g/mol. The standard InChI is InChI=1S/C36H44N2O4S/c1-8-10-15-27(39)16-12-11-13-23-38-32-22-20-28(43(40,41)42)25-30(32)36(6,7)34(38)18-14-17-33-35(4,5)29-24-26(3)19-21-31(29)37(33)9-2/h1,14,17-22,24-25H,9-13,15-16,23H2,2-7H3. The number of carbonyl (C=O) groups is 1. The summed E-state index contributed by atoms with van der Waals surface area (Å²) in [5, 5.41) is 0. The summed E-state index contributed by atoms with van der Waals surface area (Å²) in [6.45, 7) is 14.5. The molecule has 0 aliphatic carbocycles. The molecule has 7 heteroatoms. The number of terminal acetylenes is 1. The number of rotatable bonds is 12. The quantitative estimate of drug-likeness (QED) is 0.113. The zero-order valence-electron chi connectivity index (χ0n) is 26.4. The summed E-state index contributed by atoms with van der Waals surface area (Å²) >= 11 is 0. The highest BCUT2D eigenvalue weighted by Crippen LogP contribution is 2.48. The summed E-state index contributed by atoms with van der Waals surface area (Å²) in [5.41, 5.74) is 7.12. The summed E-state index contributed by atoms with van der Waals surface area (Å²) in [5.74, 6) is 2.73. The smallest absolute Gasteiger partial charge is 0.209 e. The van der Waals surface area contributed by atoms with E-state index in [9.17, 15) is 17.8 Å². The lowest BCUT2D eigenvalue weighted by Crippen LogP contribution is -2.28. The number of allylic oxidation sites excluding steroid dienone is 4. The van der Waals surface area contributed by atoms with Gasteiger partial charge in [-0.25, -0.2) is 8.42 Å². The fraction of sp³-hybridized carbons (Fsp3) is 0.444. The third-order valence-corrected chi connectivity index (χ3v) is 9.74. The third kappa shape index (κ3) is 6.56. The molecule has 0 N–H and O–H groups in total. The summed E-state index contributed by atoms with van der Waals surface area (Å²) in [6, 6.07) is 11.3. The lowest BCUT2D eigenvalue weighted by atomic mass is 9.81. The van der Waals surface area contributed by atoms with Gasteiger partial charge < -0.3 is 9.45 Å². The van der Waals surface area contributed by atoms with E-state index in [1.165, 1.54) is 34.6 Å². The molecule has 228 valence electrons. The number of likely N-dealkylation sites (N-methyl/N-ethyl adjacent to an activating group) is 1. The first kappa shape index (κ1) is 32.4. The number of benzene rings is 2. The number of fused-ring (bicyclic) bond motifs is 2. The van der Waals surface area contributed by atoms with E-state index in [-0.39, 0.29) is 16.1 Å². The molecular weight excluding hydrogens is 556 g/mol. The van der Waals surface area contributed by atoms with Gasteiger partial charge in [-0.2, -0.15) is 4.58 Å². The van der Waals surface area contributed by atoms with Gasteiger partial charge in [0.25, 0.3) is 0 Å². The number of unbranched alkanes of at least 4 members (excludes halogenated alkanes) is 2. The highest BCUT2D eigenvalue weighted by atomic mass is 32.2. The van der Waals surface area contributed by atoms with Gasteiger partial charge in [0, 0.05) is 66.7 Å². The van der Waals surface area contributed by atoms with Crippen LogP contribution in [0, 0.1) is 19.3 Å². The number of carbonyl (C=O) groups excluding carboxylic acids is 1. The average Bonchev–Trinajstić information content (AvgIpc) is 3.29. The molecule has 4 rings (SSSR count). The molecule has 2 aromatic rings. The van der Waals surface area contributed by atoms with Crippen LogP contribution in [0.5, 0.6) is 0 Å². The lowest BCUT2D eigenvalue weighted by molar-refractivity contribution is -0.438. The van der Waals surface area contributed by atoms with Gasteiger partial charge in [0.1, 0.15) is 22.4 Å². The second-order valence-corrected chi connectivity index (χ2v) is 14.0.